The van der Waals surface area contributed by atoms with Gasteiger partial charge in [0.1, 0.15) is 0 Å². The third-order valence-corrected chi connectivity index (χ3v) is 0. The Kier molecular flexibility index (Phi) is 152000. The van der Waals surface area contributed by atoms with Crippen LogP contribution in [0, 0.1) is 0 Å². The van der Waals surface area contributed by atoms with Crippen LogP contribution < -0.4 is 18.9 Å². The van der Waals surface area contributed by atoms with Gasteiger partial charge in [-0.3, -0.25) is 28.2 Å². The van der Waals surface area contributed by atoms with Crippen molar-refractivity contribution in [3.63, 3.8) is 0 Å². The first-order valence-corrected chi connectivity index (χ1v) is 0. The molecule has 0 radical (unpaired) electrons. The summed E-state index contributed by atoms with van der Waals surface area (Å²) in [5.74, 6) is 0. The number of rotatable bonds is 0. The van der Waals surface area contributed by atoms with Gasteiger partial charge < -0.3 is 1.43 Å². The van der Waals surface area contributed by atoms with Crippen molar-refractivity contribution >= 4 is 9.90 Å². The van der Waals surface area contributed by atoms with Crippen molar-refractivity contribution in [3.05, 3.63) is 0 Å². The molecule has 0 aliphatic heterocycles. The van der Waals surface area contributed by atoms with E-state index in [1.165, 1.54) is 0 Å². The zero-order valence-corrected chi connectivity index (χ0v) is 5.57. The van der Waals surface area contributed by atoms with Crippen LogP contribution >= 0.6 is 9.90 Å². The van der Waals surface area contributed by atoms with E-state index in [2.05, 4.69) is 0 Å². The Balaban J connectivity index is 0. The Hall–Kier alpha value is 0.607. The van der Waals surface area contributed by atoms with Crippen molar-refractivity contribution in [2.24, 2.45) is 0 Å². The van der Waals surface area contributed by atoms with Crippen LogP contribution in [-0.4, -0.2) is 0 Å². The summed E-state index contributed by atoms with van der Waals surface area (Å²) >= 11 is 0. The molecule has 8 heavy (non-hydrogen) atoms. The predicted octanol–water partition coefficient (Wildman–Crippen LogP) is -1.91. The van der Waals surface area contributed by atoms with Gasteiger partial charge in [-0.15, -0.1) is 0 Å². The molecule has 0 saturated carbocycles. The standard InChI is InChI=1S/6FH.Li.H3P.H/h6*1H;;1H3;/q;;;;;;+1;;-1. The van der Waals surface area contributed by atoms with Crippen LogP contribution in [0.15, 0.2) is 0 Å². The maximum Gasteiger partial charge on any atom is 1.00 e. The number of hydrogen-bond acceptors (Lipinski definition) is 0. The van der Waals surface area contributed by atoms with E-state index >= 15 is 0 Å². The summed E-state index contributed by atoms with van der Waals surface area (Å²) < 4.78 is 0. The van der Waals surface area contributed by atoms with Crippen molar-refractivity contribution in [2.75, 3.05) is 0 Å². The Bertz CT molecular complexity index is 13.0. The molecule has 0 spiro atoms. The molecule has 0 rings (SSSR count). The van der Waals surface area contributed by atoms with Gasteiger partial charge in [0.15, 0.2) is 0 Å². The Morgan fingerprint density at radius 2 is 0.500 bits per heavy atom. The molecule has 58 valence electrons. The minimum absolute atomic E-state index is 0. The van der Waals surface area contributed by atoms with E-state index in [0.29, 0.717) is 0 Å². The first kappa shape index (κ1) is 1350. The molecule has 0 N–H and O–H groups in total. The minimum Gasteiger partial charge on any atom is -1.00 e. The molecule has 0 aliphatic carbocycles. The summed E-state index contributed by atoms with van der Waals surface area (Å²) in [5.41, 5.74) is 0. The average molecular weight is 162 g/mol. The van der Waals surface area contributed by atoms with Crippen LogP contribution in [0.2, 0.25) is 0 Å². The van der Waals surface area contributed by atoms with Gasteiger partial charge in [0.2, 0.25) is 0 Å². The Morgan fingerprint density at radius 1 is 0.500 bits per heavy atom. The van der Waals surface area contributed by atoms with Crippen molar-refractivity contribution in [3.8, 4) is 0 Å². The van der Waals surface area contributed by atoms with Crippen LogP contribution in [0.4, 0.5) is 28.2 Å². The molecular weight excluding hydrogens is 152 g/mol. The van der Waals surface area contributed by atoms with Gasteiger partial charge in [-0.05, 0) is 0 Å². The summed E-state index contributed by atoms with van der Waals surface area (Å²) in [7, 11) is 0. The van der Waals surface area contributed by atoms with Crippen LogP contribution in [0.5, 0.6) is 0 Å². The first-order valence-electron chi connectivity index (χ1n) is 0. The zero-order chi connectivity index (χ0) is 0. The van der Waals surface area contributed by atoms with Crippen molar-refractivity contribution < 1.29 is 48.5 Å². The van der Waals surface area contributed by atoms with Gasteiger partial charge in [0.25, 0.3) is 0 Å². The van der Waals surface area contributed by atoms with E-state index in [1.54, 1.807) is 0 Å². The van der Waals surface area contributed by atoms with Gasteiger partial charge in [-0.25, -0.2) is 0 Å². The molecular formula is H10F6LiP. The normalized spacial score (nSPS) is 0. The fourth-order valence-electron chi connectivity index (χ4n) is 0. The monoisotopic (exact) mass is 162 g/mol. The third-order valence-electron chi connectivity index (χ3n) is 0. The molecule has 0 heterocycles. The molecule has 1 atom stereocenters. The van der Waals surface area contributed by atoms with Gasteiger partial charge in [-0.1, -0.05) is 0 Å². The molecule has 0 fully saturated rings. The van der Waals surface area contributed by atoms with E-state index in [9.17, 15) is 0 Å². The molecule has 0 aromatic carbocycles. The molecule has 1 unspecified atom stereocenters. The van der Waals surface area contributed by atoms with Gasteiger partial charge in [-0.2, -0.15) is 9.90 Å². The van der Waals surface area contributed by atoms with Crippen LogP contribution in [-0.2, 0) is 0 Å². The quantitative estimate of drug-likeness (QED) is 0.221. The van der Waals surface area contributed by atoms with Gasteiger partial charge in [0.05, 0.1) is 0 Å². The van der Waals surface area contributed by atoms with E-state index in [-0.39, 0.29) is 58.4 Å². The molecule has 0 aliphatic rings. The molecule has 0 saturated heterocycles. The van der Waals surface area contributed by atoms with E-state index in [0.717, 1.165) is 0 Å². The zero-order valence-electron chi connectivity index (χ0n) is 5.16. The summed E-state index contributed by atoms with van der Waals surface area (Å²) in [6.07, 6.45) is 0. The van der Waals surface area contributed by atoms with Crippen molar-refractivity contribution in [1.82, 2.24) is 0 Å². The van der Waals surface area contributed by atoms with Crippen molar-refractivity contribution in [2.45, 2.75) is 0 Å². The maximum atomic E-state index is 0. The predicted molar refractivity (Wildman–Crippen MR) is 27.2 cm³/mol. The first-order chi connectivity index (χ1) is 0. The molecule has 0 amide bonds. The average Bonchev–Trinajstić information content (AvgIpc) is 0. The topological polar surface area (TPSA) is 0 Å². The second-order valence-electron chi connectivity index (χ2n) is 0. The summed E-state index contributed by atoms with van der Waals surface area (Å²) in [6.45, 7) is 0. The van der Waals surface area contributed by atoms with Crippen molar-refractivity contribution in [1.29, 1.82) is 0 Å². The molecule has 0 aromatic rings. The SMILES string of the molecule is F.F.F.F.F.F.P.[H-].[Li+]. The summed E-state index contributed by atoms with van der Waals surface area (Å²) in [6, 6.07) is 0. The van der Waals surface area contributed by atoms with Crippen LogP contribution in [0.3, 0.4) is 0 Å². The molecule has 0 bridgehead atoms. The summed E-state index contributed by atoms with van der Waals surface area (Å²) in [4.78, 5) is 0. The Morgan fingerprint density at radius 3 is 0.500 bits per heavy atom. The maximum absolute atomic E-state index is 0. The van der Waals surface area contributed by atoms with E-state index in [4.69, 9.17) is 0 Å². The second kappa shape index (κ2) is 900. The number of halogens is 6. The van der Waals surface area contributed by atoms with E-state index in [1.807, 2.05) is 0 Å². The second-order valence-corrected chi connectivity index (χ2v) is 0. The van der Waals surface area contributed by atoms with Gasteiger partial charge in [0, 0.05) is 0 Å². The fraction of sp³-hybridized carbons (Fsp3) is 0. The number of hydrogen-bond donors (Lipinski definition) is 0. The fourth-order valence-corrected chi connectivity index (χ4v) is 0. The molecule has 8 heteroatoms. The van der Waals surface area contributed by atoms with E-state index < -0.39 is 0 Å². The van der Waals surface area contributed by atoms with Crippen LogP contribution in [0.1, 0.15) is 1.43 Å². The third kappa shape index (κ3) is 563. The van der Waals surface area contributed by atoms with Crippen LogP contribution in [0.25, 0.3) is 0 Å². The molecule has 0 aromatic heterocycles. The smallest absolute Gasteiger partial charge is 1.00 e. The molecule has 0 nitrogen and oxygen atoms in total. The summed E-state index contributed by atoms with van der Waals surface area (Å²) in [5, 5.41) is 0. The minimum atomic E-state index is 0. The Labute approximate surface area is 59.3 Å². The largest absolute Gasteiger partial charge is 1.00 e. The van der Waals surface area contributed by atoms with Gasteiger partial charge >= 0.3 is 18.9 Å².